The Bertz CT molecular complexity index is 761. The van der Waals surface area contributed by atoms with Crippen molar-refractivity contribution in [1.82, 2.24) is 15.6 Å². The van der Waals surface area contributed by atoms with Gasteiger partial charge in [-0.1, -0.05) is 0 Å². The summed E-state index contributed by atoms with van der Waals surface area (Å²) in [6, 6.07) is 3.79. The van der Waals surface area contributed by atoms with E-state index in [1.54, 1.807) is 32.7 Å². The first-order valence-electron chi connectivity index (χ1n) is 8.84. The molecule has 2 aromatic rings. The number of ether oxygens (including phenoxy) is 3. The molecule has 1 aromatic heterocycles. The summed E-state index contributed by atoms with van der Waals surface area (Å²) in [6.07, 6.45) is 2.77. The van der Waals surface area contributed by atoms with E-state index < -0.39 is 0 Å². The first kappa shape index (κ1) is 20.8. The van der Waals surface area contributed by atoms with Crippen molar-refractivity contribution in [1.29, 1.82) is 0 Å². The highest BCUT2D eigenvalue weighted by Crippen LogP contribution is 2.39. The first-order chi connectivity index (χ1) is 13.1. The van der Waals surface area contributed by atoms with Crippen LogP contribution in [0.1, 0.15) is 22.4 Å². The summed E-state index contributed by atoms with van der Waals surface area (Å²) in [4.78, 5) is 10.3. The summed E-state index contributed by atoms with van der Waals surface area (Å²) in [5.41, 5.74) is 0.919. The molecule has 0 saturated carbocycles. The number of nitrogens with one attached hydrogen (secondary N) is 2. The summed E-state index contributed by atoms with van der Waals surface area (Å²) in [6.45, 7) is 6.11. The summed E-state index contributed by atoms with van der Waals surface area (Å²) in [5, 5.41) is 7.73. The molecule has 0 spiro atoms. The third-order valence-electron chi connectivity index (χ3n) is 3.84. The van der Waals surface area contributed by atoms with E-state index in [-0.39, 0.29) is 0 Å². The predicted octanol–water partition coefficient (Wildman–Crippen LogP) is 2.78. The Morgan fingerprint density at radius 3 is 2.48 bits per heavy atom. The van der Waals surface area contributed by atoms with Gasteiger partial charge in [0, 0.05) is 36.1 Å². The lowest BCUT2D eigenvalue weighted by Gasteiger charge is -2.15. The molecule has 0 radical (unpaired) electrons. The van der Waals surface area contributed by atoms with E-state index in [0.717, 1.165) is 36.0 Å². The number of nitrogens with zero attached hydrogens (tertiary/aromatic N) is 2. The highest BCUT2D eigenvalue weighted by Gasteiger charge is 2.15. The van der Waals surface area contributed by atoms with Gasteiger partial charge in [0.15, 0.2) is 17.5 Å². The lowest BCUT2D eigenvalue weighted by atomic mass is 10.1. The van der Waals surface area contributed by atoms with E-state index in [1.807, 2.05) is 25.3 Å². The molecule has 0 unspecified atom stereocenters. The van der Waals surface area contributed by atoms with Gasteiger partial charge < -0.3 is 24.8 Å². The van der Waals surface area contributed by atoms with Gasteiger partial charge in [-0.15, -0.1) is 11.3 Å². The van der Waals surface area contributed by atoms with Crippen LogP contribution in [0.4, 0.5) is 0 Å². The zero-order valence-corrected chi connectivity index (χ0v) is 17.4. The van der Waals surface area contributed by atoms with Crippen molar-refractivity contribution in [3.05, 3.63) is 33.8 Å². The van der Waals surface area contributed by atoms with Gasteiger partial charge >= 0.3 is 0 Å². The van der Waals surface area contributed by atoms with Crippen LogP contribution in [-0.4, -0.2) is 45.4 Å². The van der Waals surface area contributed by atoms with Gasteiger partial charge in [0.05, 0.1) is 32.9 Å². The predicted molar refractivity (Wildman–Crippen MR) is 109 cm³/mol. The number of hydrogen-bond donors (Lipinski definition) is 2. The molecular formula is C19H28N4O3S. The topological polar surface area (TPSA) is 77.0 Å². The fraction of sp³-hybridized carbons (Fsp3) is 0.474. The monoisotopic (exact) mass is 392 g/mol. The third-order valence-corrected chi connectivity index (χ3v) is 4.81. The summed E-state index contributed by atoms with van der Waals surface area (Å²) < 4.78 is 16.3. The van der Waals surface area contributed by atoms with Gasteiger partial charge in [-0.25, -0.2) is 9.98 Å². The van der Waals surface area contributed by atoms with Crippen molar-refractivity contribution in [3.8, 4) is 17.2 Å². The number of thiazole rings is 1. The quantitative estimate of drug-likeness (QED) is 0.505. The van der Waals surface area contributed by atoms with Crippen LogP contribution in [0, 0.1) is 6.92 Å². The van der Waals surface area contributed by atoms with E-state index >= 15 is 0 Å². The van der Waals surface area contributed by atoms with Crippen LogP contribution < -0.4 is 24.8 Å². The van der Waals surface area contributed by atoms with E-state index in [9.17, 15) is 0 Å². The van der Waals surface area contributed by atoms with Gasteiger partial charge in [0.2, 0.25) is 5.75 Å². The zero-order valence-electron chi connectivity index (χ0n) is 16.6. The van der Waals surface area contributed by atoms with E-state index in [4.69, 9.17) is 14.2 Å². The Hall–Kier alpha value is -2.48. The second-order valence-electron chi connectivity index (χ2n) is 5.73. The molecule has 0 amide bonds. The molecule has 0 aliphatic carbocycles. The van der Waals surface area contributed by atoms with Gasteiger partial charge in [-0.3, -0.25) is 0 Å². The summed E-state index contributed by atoms with van der Waals surface area (Å²) in [7, 11) is 4.82. The van der Waals surface area contributed by atoms with Crippen LogP contribution in [0.5, 0.6) is 17.2 Å². The van der Waals surface area contributed by atoms with Crippen molar-refractivity contribution in [3.63, 3.8) is 0 Å². The Balaban J connectivity index is 2.07. The highest BCUT2D eigenvalue weighted by molar-refractivity contribution is 7.11. The van der Waals surface area contributed by atoms with Gasteiger partial charge in [0.25, 0.3) is 0 Å². The van der Waals surface area contributed by atoms with Gasteiger partial charge in [-0.05, 0) is 26.0 Å². The maximum Gasteiger partial charge on any atom is 0.203 e. The molecule has 1 heterocycles. The molecule has 8 heteroatoms. The molecule has 7 nitrogen and oxygen atoms in total. The molecule has 2 rings (SSSR count). The van der Waals surface area contributed by atoms with E-state index in [0.29, 0.717) is 23.8 Å². The molecule has 0 aliphatic heterocycles. The largest absolute Gasteiger partial charge is 0.493 e. The maximum absolute atomic E-state index is 5.52. The van der Waals surface area contributed by atoms with Crippen LogP contribution in [0.15, 0.2) is 23.3 Å². The number of guanidine groups is 1. The molecule has 0 aliphatic rings. The third kappa shape index (κ3) is 5.75. The van der Waals surface area contributed by atoms with Crippen LogP contribution in [0.2, 0.25) is 0 Å². The van der Waals surface area contributed by atoms with E-state index in [1.165, 1.54) is 4.88 Å². The minimum absolute atomic E-state index is 0.454. The second kappa shape index (κ2) is 10.6. The van der Waals surface area contributed by atoms with Crippen molar-refractivity contribution in [2.75, 3.05) is 34.4 Å². The number of aryl methyl sites for hydroxylation is 1. The van der Waals surface area contributed by atoms with Crippen LogP contribution in [0.25, 0.3) is 0 Å². The molecular weight excluding hydrogens is 364 g/mol. The van der Waals surface area contributed by atoms with Gasteiger partial charge in [0.1, 0.15) is 0 Å². The summed E-state index contributed by atoms with van der Waals surface area (Å²) in [5.74, 6) is 2.59. The average molecular weight is 393 g/mol. The molecule has 27 heavy (non-hydrogen) atoms. The lowest BCUT2D eigenvalue weighted by Crippen LogP contribution is -2.38. The Labute approximate surface area is 164 Å². The molecule has 0 saturated heterocycles. The number of aromatic nitrogens is 1. The Morgan fingerprint density at radius 1 is 1.11 bits per heavy atom. The normalized spacial score (nSPS) is 11.2. The van der Waals surface area contributed by atoms with Crippen molar-refractivity contribution >= 4 is 17.3 Å². The lowest BCUT2D eigenvalue weighted by molar-refractivity contribution is 0.322. The number of methoxy groups -OCH3 is 3. The number of aliphatic imine (C=N–C) groups is 1. The van der Waals surface area contributed by atoms with E-state index in [2.05, 4.69) is 27.5 Å². The number of rotatable bonds is 9. The highest BCUT2D eigenvalue weighted by atomic mass is 32.1. The van der Waals surface area contributed by atoms with Crippen molar-refractivity contribution in [2.45, 2.75) is 26.8 Å². The first-order valence-corrected chi connectivity index (χ1v) is 9.65. The molecule has 0 fully saturated rings. The summed E-state index contributed by atoms with van der Waals surface area (Å²) >= 11 is 1.72. The Kier molecular flexibility index (Phi) is 8.19. The van der Waals surface area contributed by atoms with Crippen molar-refractivity contribution < 1.29 is 14.2 Å². The Morgan fingerprint density at radius 2 is 1.89 bits per heavy atom. The van der Waals surface area contributed by atoms with Gasteiger partial charge in [-0.2, -0.15) is 0 Å². The molecule has 1 aromatic carbocycles. The molecule has 148 valence electrons. The minimum Gasteiger partial charge on any atom is -0.493 e. The molecule has 0 bridgehead atoms. The van der Waals surface area contributed by atoms with Crippen LogP contribution in [0.3, 0.4) is 0 Å². The smallest absolute Gasteiger partial charge is 0.203 e. The standard InChI is InChI=1S/C19H28N4O3S/c1-6-20-19(21-10-9-16-22-11-13(2)27-16)23-12-14-7-8-15(24-3)18(26-5)17(14)25-4/h7-8,11H,6,9-10,12H2,1-5H3,(H2,20,21,23). The zero-order chi connectivity index (χ0) is 19.6. The average Bonchev–Trinajstić information content (AvgIpc) is 3.10. The maximum atomic E-state index is 5.52. The minimum atomic E-state index is 0.454. The van der Waals surface area contributed by atoms with Crippen LogP contribution in [-0.2, 0) is 13.0 Å². The number of hydrogen-bond acceptors (Lipinski definition) is 6. The SMILES string of the molecule is CCNC(=NCc1ccc(OC)c(OC)c1OC)NCCc1ncc(C)s1. The number of benzene rings is 1. The fourth-order valence-electron chi connectivity index (χ4n) is 2.60. The molecule has 2 N–H and O–H groups in total. The second-order valence-corrected chi connectivity index (χ2v) is 7.05. The van der Waals surface area contributed by atoms with Crippen molar-refractivity contribution in [2.24, 2.45) is 4.99 Å². The fourth-order valence-corrected chi connectivity index (χ4v) is 3.39. The van der Waals surface area contributed by atoms with Crippen LogP contribution >= 0.6 is 11.3 Å². The molecule has 0 atom stereocenters.